The number of benzene rings is 2. The number of rotatable bonds is 5. The average molecular weight is 371 g/mol. The van der Waals surface area contributed by atoms with Crippen LogP contribution in [0.5, 0.6) is 5.75 Å². The summed E-state index contributed by atoms with van der Waals surface area (Å²) >= 11 is 5.88. The molecule has 134 valence electrons. The summed E-state index contributed by atoms with van der Waals surface area (Å²) in [6.45, 7) is 3.43. The monoisotopic (exact) mass is 370 g/mol. The molecule has 5 nitrogen and oxygen atoms in total. The summed E-state index contributed by atoms with van der Waals surface area (Å²) in [7, 11) is 0. The van der Waals surface area contributed by atoms with E-state index in [1.54, 1.807) is 38.1 Å². The maximum absolute atomic E-state index is 12.3. The molecular weight excluding hydrogens is 352 g/mol. The maximum Gasteiger partial charge on any atom is 0.252 e. The van der Waals surface area contributed by atoms with Gasteiger partial charge < -0.3 is 15.7 Å². The SMILES string of the molecule is C#CC(C)(C)NC(=O)c1cccc(NC(=O)Cc2cc(Cl)ccc2O)c1. The molecule has 2 aromatic carbocycles. The number of nitrogens with one attached hydrogen (secondary N) is 2. The van der Waals surface area contributed by atoms with Crippen LogP contribution >= 0.6 is 11.6 Å². The summed E-state index contributed by atoms with van der Waals surface area (Å²) in [5.41, 5.74) is 0.472. The van der Waals surface area contributed by atoms with Gasteiger partial charge in [-0.15, -0.1) is 6.42 Å². The Bertz CT molecular complexity index is 885. The first-order valence-corrected chi connectivity index (χ1v) is 8.25. The van der Waals surface area contributed by atoms with E-state index in [0.29, 0.717) is 21.8 Å². The summed E-state index contributed by atoms with van der Waals surface area (Å²) in [6.07, 6.45) is 5.32. The first-order valence-electron chi connectivity index (χ1n) is 7.88. The van der Waals surface area contributed by atoms with Gasteiger partial charge in [-0.2, -0.15) is 0 Å². The van der Waals surface area contributed by atoms with Crippen molar-refractivity contribution in [3.8, 4) is 18.1 Å². The van der Waals surface area contributed by atoms with E-state index < -0.39 is 5.54 Å². The Hall–Kier alpha value is -2.97. The van der Waals surface area contributed by atoms with Crippen molar-refractivity contribution in [2.75, 3.05) is 5.32 Å². The number of carbonyl (C=O) groups is 2. The molecule has 0 atom stereocenters. The van der Waals surface area contributed by atoms with Gasteiger partial charge in [0.05, 0.1) is 12.0 Å². The maximum atomic E-state index is 12.3. The van der Waals surface area contributed by atoms with E-state index in [4.69, 9.17) is 18.0 Å². The largest absolute Gasteiger partial charge is 0.508 e. The molecule has 2 amide bonds. The van der Waals surface area contributed by atoms with Gasteiger partial charge in [-0.05, 0) is 50.2 Å². The van der Waals surface area contributed by atoms with E-state index >= 15 is 0 Å². The fourth-order valence-corrected chi connectivity index (χ4v) is 2.40. The van der Waals surface area contributed by atoms with Gasteiger partial charge in [0.15, 0.2) is 0 Å². The first-order chi connectivity index (χ1) is 12.2. The quantitative estimate of drug-likeness (QED) is 0.706. The number of amides is 2. The van der Waals surface area contributed by atoms with Gasteiger partial charge in [-0.1, -0.05) is 23.6 Å². The summed E-state index contributed by atoms with van der Waals surface area (Å²) in [5.74, 6) is 1.80. The van der Waals surface area contributed by atoms with Crippen LogP contribution in [0.3, 0.4) is 0 Å². The molecule has 0 aromatic heterocycles. The molecule has 0 saturated heterocycles. The van der Waals surface area contributed by atoms with Crippen LogP contribution in [0.4, 0.5) is 5.69 Å². The predicted octanol–water partition coefficient (Wildman–Crippen LogP) is 3.37. The smallest absolute Gasteiger partial charge is 0.252 e. The van der Waals surface area contributed by atoms with Crippen LogP contribution in [0.25, 0.3) is 0 Å². The van der Waals surface area contributed by atoms with Crippen molar-refractivity contribution in [3.63, 3.8) is 0 Å². The number of anilines is 1. The number of aromatic hydroxyl groups is 1. The predicted molar refractivity (Wildman–Crippen MR) is 102 cm³/mol. The Labute approximate surface area is 157 Å². The zero-order valence-corrected chi connectivity index (χ0v) is 15.2. The van der Waals surface area contributed by atoms with Crippen molar-refractivity contribution >= 4 is 29.1 Å². The third-order valence-corrected chi connectivity index (χ3v) is 3.82. The van der Waals surface area contributed by atoms with Crippen LogP contribution in [-0.4, -0.2) is 22.5 Å². The number of carbonyl (C=O) groups excluding carboxylic acids is 2. The van der Waals surface area contributed by atoms with Crippen LogP contribution in [0, 0.1) is 12.3 Å². The Morgan fingerprint density at radius 2 is 1.96 bits per heavy atom. The standard InChI is InChI=1S/C20H19ClN2O3/c1-4-20(2,3)23-19(26)13-6-5-7-16(11-13)22-18(25)12-14-10-15(21)8-9-17(14)24/h1,5-11,24H,12H2,2-3H3,(H,22,25)(H,23,26). The van der Waals surface area contributed by atoms with Crippen LogP contribution in [0.1, 0.15) is 29.8 Å². The zero-order chi connectivity index (χ0) is 19.3. The molecule has 0 radical (unpaired) electrons. The first kappa shape index (κ1) is 19.4. The third-order valence-electron chi connectivity index (χ3n) is 3.59. The second kappa shape index (κ2) is 7.94. The average Bonchev–Trinajstić information content (AvgIpc) is 2.58. The molecule has 0 spiro atoms. The van der Waals surface area contributed by atoms with E-state index in [9.17, 15) is 14.7 Å². The fraction of sp³-hybridized carbons (Fsp3) is 0.200. The summed E-state index contributed by atoms with van der Waals surface area (Å²) in [5, 5.41) is 15.6. The number of hydrogen-bond acceptors (Lipinski definition) is 3. The highest BCUT2D eigenvalue weighted by Crippen LogP contribution is 2.22. The number of halogens is 1. The van der Waals surface area contributed by atoms with Crippen LogP contribution in [-0.2, 0) is 11.2 Å². The van der Waals surface area contributed by atoms with E-state index in [1.165, 1.54) is 18.2 Å². The Balaban J connectivity index is 2.08. The lowest BCUT2D eigenvalue weighted by atomic mass is 10.1. The third kappa shape index (κ3) is 5.27. The van der Waals surface area contributed by atoms with Crippen LogP contribution in [0.15, 0.2) is 42.5 Å². The second-order valence-electron chi connectivity index (χ2n) is 6.30. The van der Waals surface area contributed by atoms with E-state index in [1.807, 2.05) is 0 Å². The molecule has 0 fully saturated rings. The van der Waals surface area contributed by atoms with Crippen molar-refractivity contribution in [1.29, 1.82) is 0 Å². The normalized spacial score (nSPS) is 10.7. The second-order valence-corrected chi connectivity index (χ2v) is 6.74. The van der Waals surface area contributed by atoms with E-state index in [2.05, 4.69) is 16.6 Å². The minimum absolute atomic E-state index is 0.00538. The molecule has 6 heteroatoms. The lowest BCUT2D eigenvalue weighted by Crippen LogP contribution is -2.42. The highest BCUT2D eigenvalue weighted by Gasteiger charge is 2.18. The van der Waals surface area contributed by atoms with E-state index in [0.717, 1.165) is 0 Å². The Morgan fingerprint density at radius 3 is 2.65 bits per heavy atom. The summed E-state index contributed by atoms with van der Waals surface area (Å²) in [6, 6.07) is 11.0. The van der Waals surface area contributed by atoms with Crippen molar-refractivity contribution in [1.82, 2.24) is 5.32 Å². The van der Waals surface area contributed by atoms with Gasteiger partial charge >= 0.3 is 0 Å². The van der Waals surface area contributed by atoms with Crippen molar-refractivity contribution in [3.05, 3.63) is 58.6 Å². The number of phenols is 1. The van der Waals surface area contributed by atoms with Crippen molar-refractivity contribution < 1.29 is 14.7 Å². The van der Waals surface area contributed by atoms with E-state index in [-0.39, 0.29) is 24.0 Å². The lowest BCUT2D eigenvalue weighted by Gasteiger charge is -2.19. The van der Waals surface area contributed by atoms with Gasteiger partial charge in [-0.25, -0.2) is 0 Å². The number of phenolic OH excluding ortho intramolecular Hbond substituents is 1. The Morgan fingerprint density at radius 1 is 1.23 bits per heavy atom. The van der Waals surface area contributed by atoms with Gasteiger partial charge in [0.1, 0.15) is 5.75 Å². The molecule has 0 unspecified atom stereocenters. The molecule has 0 bridgehead atoms. The molecule has 2 rings (SSSR count). The molecule has 26 heavy (non-hydrogen) atoms. The summed E-state index contributed by atoms with van der Waals surface area (Å²) < 4.78 is 0. The van der Waals surface area contributed by atoms with Crippen molar-refractivity contribution in [2.24, 2.45) is 0 Å². The Kier molecular flexibility index (Phi) is 5.91. The van der Waals surface area contributed by atoms with Gasteiger partial charge in [0.25, 0.3) is 5.91 Å². The lowest BCUT2D eigenvalue weighted by molar-refractivity contribution is -0.115. The van der Waals surface area contributed by atoms with Gasteiger partial charge in [0, 0.05) is 21.8 Å². The van der Waals surface area contributed by atoms with Crippen LogP contribution in [0.2, 0.25) is 5.02 Å². The molecule has 0 heterocycles. The summed E-state index contributed by atoms with van der Waals surface area (Å²) in [4.78, 5) is 24.5. The molecule has 2 aromatic rings. The van der Waals surface area contributed by atoms with Crippen molar-refractivity contribution in [2.45, 2.75) is 25.8 Å². The van der Waals surface area contributed by atoms with Crippen LogP contribution < -0.4 is 10.6 Å². The highest BCUT2D eigenvalue weighted by atomic mass is 35.5. The topological polar surface area (TPSA) is 78.4 Å². The molecule has 0 saturated carbocycles. The van der Waals surface area contributed by atoms with Gasteiger partial charge in [0.2, 0.25) is 5.91 Å². The fourth-order valence-electron chi connectivity index (χ4n) is 2.20. The minimum Gasteiger partial charge on any atom is -0.508 e. The molecule has 0 aliphatic carbocycles. The minimum atomic E-state index is -0.777. The zero-order valence-electron chi connectivity index (χ0n) is 14.5. The number of hydrogen-bond donors (Lipinski definition) is 3. The molecule has 3 N–H and O–H groups in total. The molecule has 0 aliphatic heterocycles. The van der Waals surface area contributed by atoms with Gasteiger partial charge in [-0.3, -0.25) is 9.59 Å². The highest BCUT2D eigenvalue weighted by molar-refractivity contribution is 6.30. The molecule has 0 aliphatic rings. The molecular formula is C20H19ClN2O3. The number of terminal acetylenes is 1.